The lowest BCUT2D eigenvalue weighted by Crippen LogP contribution is -2.26. The fraction of sp³-hybridized carbons (Fsp3) is 0.179. The van der Waals surface area contributed by atoms with Gasteiger partial charge < -0.3 is 15.1 Å². The second-order valence-electron chi connectivity index (χ2n) is 8.11. The molecule has 2 N–H and O–H groups in total. The molecule has 4 rings (SSSR count). The van der Waals surface area contributed by atoms with Crippen molar-refractivity contribution in [3.63, 3.8) is 0 Å². The molecule has 172 valence electrons. The predicted octanol–water partition coefficient (Wildman–Crippen LogP) is 5.78. The summed E-state index contributed by atoms with van der Waals surface area (Å²) in [6.07, 6.45) is 0.635. The van der Waals surface area contributed by atoms with Gasteiger partial charge in [0.25, 0.3) is 0 Å². The number of hydrogen-bond acceptors (Lipinski definition) is 4. The summed E-state index contributed by atoms with van der Waals surface area (Å²) >= 11 is 0. The molecule has 1 aromatic heterocycles. The first kappa shape index (κ1) is 23.0. The molecule has 0 spiro atoms. The van der Waals surface area contributed by atoms with Gasteiger partial charge in [0, 0.05) is 36.6 Å². The highest BCUT2D eigenvalue weighted by Crippen LogP contribution is 2.32. The molecule has 4 aromatic rings. The summed E-state index contributed by atoms with van der Waals surface area (Å²) in [5.41, 5.74) is 4.29. The van der Waals surface area contributed by atoms with E-state index in [4.69, 9.17) is 9.40 Å². The largest absolute Gasteiger partial charge is 0.440 e. The topological polar surface area (TPSA) is 84.2 Å². The van der Waals surface area contributed by atoms with Gasteiger partial charge in [-0.1, -0.05) is 72.8 Å². The van der Waals surface area contributed by atoms with Crippen molar-refractivity contribution in [2.75, 3.05) is 5.32 Å². The molecule has 0 radical (unpaired) electrons. The van der Waals surface area contributed by atoms with Crippen molar-refractivity contribution < 1.29 is 14.0 Å². The highest BCUT2D eigenvalue weighted by atomic mass is 16.4. The van der Waals surface area contributed by atoms with Gasteiger partial charge in [-0.2, -0.15) is 0 Å². The van der Waals surface area contributed by atoms with Crippen LogP contribution in [0.1, 0.15) is 37.8 Å². The Kier molecular flexibility index (Phi) is 7.18. The van der Waals surface area contributed by atoms with E-state index in [-0.39, 0.29) is 24.3 Å². The average Bonchev–Trinajstić information content (AvgIpc) is 3.28. The zero-order chi connectivity index (χ0) is 23.9. The number of carbonyl (C=O) groups excluding carboxylic acids is 2. The molecule has 0 fully saturated rings. The van der Waals surface area contributed by atoms with Crippen LogP contribution in [0.4, 0.5) is 5.69 Å². The molecule has 1 heterocycles. The molecule has 3 aromatic carbocycles. The van der Waals surface area contributed by atoms with Crippen molar-refractivity contribution in [1.29, 1.82) is 0 Å². The van der Waals surface area contributed by atoms with Crippen molar-refractivity contribution >= 4 is 17.5 Å². The van der Waals surface area contributed by atoms with E-state index in [0.717, 1.165) is 22.4 Å². The second kappa shape index (κ2) is 10.6. The number of carbonyl (C=O) groups is 2. The van der Waals surface area contributed by atoms with Gasteiger partial charge >= 0.3 is 0 Å². The molecule has 0 aliphatic heterocycles. The zero-order valence-electron chi connectivity index (χ0n) is 19.2. The quantitative estimate of drug-likeness (QED) is 0.354. The lowest BCUT2D eigenvalue weighted by atomic mass is 10.1. The minimum absolute atomic E-state index is 0.0989. The first-order valence-corrected chi connectivity index (χ1v) is 11.3. The molecule has 0 saturated carbocycles. The third-order valence-electron chi connectivity index (χ3n) is 5.41. The lowest BCUT2D eigenvalue weighted by molar-refractivity contribution is -0.121. The van der Waals surface area contributed by atoms with Crippen molar-refractivity contribution in [1.82, 2.24) is 10.3 Å². The lowest BCUT2D eigenvalue weighted by Gasteiger charge is -2.15. The van der Waals surface area contributed by atoms with E-state index >= 15 is 0 Å². The first-order chi connectivity index (χ1) is 16.5. The number of benzene rings is 3. The summed E-state index contributed by atoms with van der Waals surface area (Å²) in [5, 5.41) is 5.77. The maximum Gasteiger partial charge on any atom is 0.221 e. The van der Waals surface area contributed by atoms with Crippen LogP contribution in [-0.2, 0) is 16.0 Å². The van der Waals surface area contributed by atoms with Gasteiger partial charge in [-0.05, 0) is 24.6 Å². The normalized spacial score (nSPS) is 11.6. The Hall–Kier alpha value is -4.19. The van der Waals surface area contributed by atoms with Crippen LogP contribution in [0.25, 0.3) is 22.6 Å². The Morgan fingerprint density at radius 1 is 0.912 bits per heavy atom. The van der Waals surface area contributed by atoms with Gasteiger partial charge in [-0.25, -0.2) is 4.98 Å². The van der Waals surface area contributed by atoms with E-state index in [1.54, 1.807) is 0 Å². The van der Waals surface area contributed by atoms with Gasteiger partial charge in [0.1, 0.15) is 5.69 Å². The third kappa shape index (κ3) is 5.78. The van der Waals surface area contributed by atoms with Gasteiger partial charge in [0.15, 0.2) is 11.7 Å². The number of oxazole rings is 1. The van der Waals surface area contributed by atoms with Crippen molar-refractivity contribution in [3.05, 3.63) is 96.4 Å². The van der Waals surface area contributed by atoms with E-state index in [1.807, 2.05) is 91.9 Å². The van der Waals surface area contributed by atoms with Crippen LogP contribution >= 0.6 is 0 Å². The molecular weight excluding hydrogens is 426 g/mol. The standard InChI is InChI=1S/C28H27N3O3/c1-19(23-14-9-15-24(18-23)30-20(2)32)29-25(33)16-17-26-31-27(21-10-5-3-6-11-21)28(34-26)22-12-7-4-8-13-22/h3-15,18-19H,16-17H2,1-2H3,(H,29,33)(H,30,32)/t19-/m0/s1. The Morgan fingerprint density at radius 2 is 1.59 bits per heavy atom. The van der Waals surface area contributed by atoms with Crippen molar-refractivity contribution in [3.8, 4) is 22.6 Å². The maximum absolute atomic E-state index is 12.6. The first-order valence-electron chi connectivity index (χ1n) is 11.3. The zero-order valence-corrected chi connectivity index (χ0v) is 19.2. The Labute approximate surface area is 199 Å². The summed E-state index contributed by atoms with van der Waals surface area (Å²) in [6.45, 7) is 3.38. The van der Waals surface area contributed by atoms with Gasteiger partial charge in [-0.15, -0.1) is 0 Å². The second-order valence-corrected chi connectivity index (χ2v) is 8.11. The molecule has 6 nitrogen and oxygen atoms in total. The summed E-state index contributed by atoms with van der Waals surface area (Å²) in [7, 11) is 0. The molecule has 34 heavy (non-hydrogen) atoms. The number of aromatic nitrogens is 1. The summed E-state index contributed by atoms with van der Waals surface area (Å²) in [6, 6.07) is 27.0. The molecule has 1 atom stereocenters. The SMILES string of the molecule is CC(=O)Nc1cccc([C@H](C)NC(=O)CCc2nc(-c3ccccc3)c(-c3ccccc3)o2)c1. The fourth-order valence-electron chi connectivity index (χ4n) is 3.75. The Bertz CT molecular complexity index is 1210. The molecular formula is C28H27N3O3. The molecule has 0 bridgehead atoms. The van der Waals surface area contributed by atoms with E-state index in [2.05, 4.69) is 10.6 Å². The van der Waals surface area contributed by atoms with Crippen LogP contribution in [-0.4, -0.2) is 16.8 Å². The summed E-state index contributed by atoms with van der Waals surface area (Å²) in [5.74, 6) is 0.987. The molecule has 0 unspecified atom stereocenters. The number of nitrogens with one attached hydrogen (secondary N) is 2. The number of hydrogen-bond donors (Lipinski definition) is 2. The molecule has 0 aliphatic rings. The number of anilines is 1. The maximum atomic E-state index is 12.6. The smallest absolute Gasteiger partial charge is 0.221 e. The molecule has 0 aliphatic carbocycles. The van der Waals surface area contributed by atoms with Crippen molar-refractivity contribution in [2.24, 2.45) is 0 Å². The third-order valence-corrected chi connectivity index (χ3v) is 5.41. The van der Waals surface area contributed by atoms with E-state index in [0.29, 0.717) is 23.8 Å². The monoisotopic (exact) mass is 453 g/mol. The van der Waals surface area contributed by atoms with E-state index in [1.165, 1.54) is 6.92 Å². The summed E-state index contributed by atoms with van der Waals surface area (Å²) in [4.78, 5) is 28.7. The minimum atomic E-state index is -0.203. The highest BCUT2D eigenvalue weighted by molar-refractivity contribution is 5.88. The number of nitrogens with zero attached hydrogens (tertiary/aromatic N) is 1. The number of amides is 2. The van der Waals surface area contributed by atoms with Crippen LogP contribution in [0, 0.1) is 0 Å². The summed E-state index contributed by atoms with van der Waals surface area (Å²) < 4.78 is 6.12. The fourth-order valence-corrected chi connectivity index (χ4v) is 3.75. The minimum Gasteiger partial charge on any atom is -0.440 e. The van der Waals surface area contributed by atoms with Gasteiger partial charge in [0.2, 0.25) is 11.8 Å². The Balaban J connectivity index is 1.45. The van der Waals surface area contributed by atoms with E-state index < -0.39 is 0 Å². The van der Waals surface area contributed by atoms with Gasteiger partial charge in [0.05, 0.1) is 6.04 Å². The number of rotatable bonds is 8. The molecule has 2 amide bonds. The van der Waals surface area contributed by atoms with Crippen LogP contribution in [0.5, 0.6) is 0 Å². The molecule has 6 heteroatoms. The van der Waals surface area contributed by atoms with Crippen LogP contribution < -0.4 is 10.6 Å². The number of aryl methyl sites for hydroxylation is 1. The highest BCUT2D eigenvalue weighted by Gasteiger charge is 2.18. The predicted molar refractivity (Wildman–Crippen MR) is 133 cm³/mol. The average molecular weight is 454 g/mol. The van der Waals surface area contributed by atoms with Gasteiger partial charge in [-0.3, -0.25) is 9.59 Å². The van der Waals surface area contributed by atoms with Crippen LogP contribution in [0.2, 0.25) is 0 Å². The van der Waals surface area contributed by atoms with Crippen molar-refractivity contribution in [2.45, 2.75) is 32.7 Å². The molecule has 0 saturated heterocycles. The van der Waals surface area contributed by atoms with E-state index in [9.17, 15) is 9.59 Å². The Morgan fingerprint density at radius 3 is 2.26 bits per heavy atom. The van der Waals surface area contributed by atoms with Crippen LogP contribution in [0.3, 0.4) is 0 Å². The van der Waals surface area contributed by atoms with Crippen LogP contribution in [0.15, 0.2) is 89.3 Å².